The van der Waals surface area contributed by atoms with E-state index in [-0.39, 0.29) is 0 Å². The number of carboxylic acids is 1. The largest absolute Gasteiger partial charge is 0.497 e. The van der Waals surface area contributed by atoms with Crippen molar-refractivity contribution in [2.24, 2.45) is 0 Å². The molecule has 0 fully saturated rings. The lowest BCUT2D eigenvalue weighted by atomic mass is 10.0. The molecule has 0 bridgehead atoms. The van der Waals surface area contributed by atoms with E-state index in [1.54, 1.807) is 48.4 Å². The molecule has 0 aromatic heterocycles. The zero-order valence-corrected chi connectivity index (χ0v) is 11.1. The van der Waals surface area contributed by atoms with E-state index in [1.165, 1.54) is 0 Å². The van der Waals surface area contributed by atoms with Crippen LogP contribution in [0.5, 0.6) is 5.75 Å². The molecule has 1 aromatic rings. The van der Waals surface area contributed by atoms with Gasteiger partial charge in [-0.15, -0.1) is 13.2 Å². The Labute approximate surface area is 113 Å². The first-order chi connectivity index (χ1) is 9.13. The lowest BCUT2D eigenvalue weighted by Gasteiger charge is -2.26. The monoisotopic (exact) mass is 261 g/mol. The summed E-state index contributed by atoms with van der Waals surface area (Å²) in [5.74, 6) is -0.194. The lowest BCUT2D eigenvalue weighted by molar-refractivity contribution is -0.143. The molecule has 0 amide bonds. The van der Waals surface area contributed by atoms with Crippen LogP contribution >= 0.6 is 0 Å². The number of rotatable bonds is 8. The molecular weight excluding hydrogens is 242 g/mol. The van der Waals surface area contributed by atoms with Gasteiger partial charge in [-0.1, -0.05) is 24.3 Å². The third-order valence-corrected chi connectivity index (χ3v) is 2.76. The Morgan fingerprint density at radius 1 is 1.32 bits per heavy atom. The van der Waals surface area contributed by atoms with Gasteiger partial charge in [-0.2, -0.15) is 0 Å². The van der Waals surface area contributed by atoms with Gasteiger partial charge in [-0.25, -0.2) is 0 Å². The molecule has 1 N–H and O–H groups in total. The van der Waals surface area contributed by atoms with Crippen LogP contribution in [0.2, 0.25) is 0 Å². The first kappa shape index (κ1) is 15.0. The summed E-state index contributed by atoms with van der Waals surface area (Å²) < 4.78 is 5.07. The number of hydrogen-bond donors (Lipinski definition) is 1. The van der Waals surface area contributed by atoms with Crippen molar-refractivity contribution < 1.29 is 14.6 Å². The van der Waals surface area contributed by atoms with Gasteiger partial charge < -0.3 is 9.84 Å². The number of aliphatic carboxylic acids is 1. The Balaban J connectivity index is 3.05. The van der Waals surface area contributed by atoms with Gasteiger partial charge in [-0.3, -0.25) is 9.69 Å². The molecule has 0 spiro atoms. The standard InChI is InChI=1S/C15H19NO3/c1-4-10-16(11-5-2)14(15(17)18)12-6-8-13(19-3)9-7-12/h4-9,14H,1-2,10-11H2,3H3,(H,17,18)/t14-/m1/s1. The average molecular weight is 261 g/mol. The molecule has 0 unspecified atom stereocenters. The predicted octanol–water partition coefficient (Wildman–Crippen LogP) is 2.49. The quantitative estimate of drug-likeness (QED) is 0.730. The Kier molecular flexibility index (Phi) is 5.82. The molecular formula is C15H19NO3. The van der Waals surface area contributed by atoms with E-state index in [0.717, 1.165) is 0 Å². The van der Waals surface area contributed by atoms with Gasteiger partial charge in [0.15, 0.2) is 0 Å². The van der Waals surface area contributed by atoms with Crippen molar-refractivity contribution in [2.45, 2.75) is 6.04 Å². The van der Waals surface area contributed by atoms with Gasteiger partial charge in [0.1, 0.15) is 11.8 Å². The fourth-order valence-electron chi connectivity index (χ4n) is 1.91. The van der Waals surface area contributed by atoms with Crippen LogP contribution in [0.4, 0.5) is 0 Å². The second-order valence-electron chi connectivity index (χ2n) is 4.05. The lowest BCUT2D eigenvalue weighted by Crippen LogP contribution is -2.34. The molecule has 0 saturated carbocycles. The fourth-order valence-corrected chi connectivity index (χ4v) is 1.91. The van der Waals surface area contributed by atoms with Crippen LogP contribution in [0.15, 0.2) is 49.6 Å². The molecule has 0 heterocycles. The van der Waals surface area contributed by atoms with Crippen LogP contribution in [0.25, 0.3) is 0 Å². The molecule has 1 rings (SSSR count). The number of methoxy groups -OCH3 is 1. The van der Waals surface area contributed by atoms with Crippen molar-refractivity contribution in [2.75, 3.05) is 20.2 Å². The number of carboxylic acid groups (broad SMARTS) is 1. The Hall–Kier alpha value is -2.07. The number of carbonyl (C=O) groups is 1. The van der Waals surface area contributed by atoms with Gasteiger partial charge in [0.25, 0.3) is 0 Å². The smallest absolute Gasteiger partial charge is 0.325 e. The highest BCUT2D eigenvalue weighted by atomic mass is 16.5. The molecule has 4 heteroatoms. The van der Waals surface area contributed by atoms with E-state index in [0.29, 0.717) is 24.4 Å². The molecule has 4 nitrogen and oxygen atoms in total. The van der Waals surface area contributed by atoms with Crippen LogP contribution in [0.1, 0.15) is 11.6 Å². The van der Waals surface area contributed by atoms with E-state index < -0.39 is 12.0 Å². The minimum absolute atomic E-state index is 0.481. The van der Waals surface area contributed by atoms with E-state index in [4.69, 9.17) is 4.74 Å². The number of ether oxygens (including phenoxy) is 1. The third kappa shape index (κ3) is 3.96. The fraction of sp³-hybridized carbons (Fsp3) is 0.267. The summed E-state index contributed by atoms with van der Waals surface area (Å²) in [7, 11) is 1.57. The van der Waals surface area contributed by atoms with E-state index >= 15 is 0 Å². The first-order valence-electron chi connectivity index (χ1n) is 5.96. The maximum atomic E-state index is 11.5. The van der Waals surface area contributed by atoms with Gasteiger partial charge >= 0.3 is 5.97 Å². The SMILES string of the molecule is C=CCN(CC=C)[C@@H](C(=O)O)c1ccc(OC)cc1. The van der Waals surface area contributed by atoms with Crippen LogP contribution in [-0.2, 0) is 4.79 Å². The molecule has 1 atom stereocenters. The zero-order chi connectivity index (χ0) is 14.3. The van der Waals surface area contributed by atoms with Crippen LogP contribution in [0, 0.1) is 0 Å². The highest BCUT2D eigenvalue weighted by Crippen LogP contribution is 2.23. The second-order valence-corrected chi connectivity index (χ2v) is 4.05. The molecule has 0 aliphatic rings. The summed E-state index contributed by atoms with van der Waals surface area (Å²) >= 11 is 0. The first-order valence-corrected chi connectivity index (χ1v) is 5.96. The second kappa shape index (κ2) is 7.38. The van der Waals surface area contributed by atoms with Crippen LogP contribution < -0.4 is 4.74 Å². The topological polar surface area (TPSA) is 49.8 Å². The summed E-state index contributed by atoms with van der Waals surface area (Å²) in [4.78, 5) is 13.3. The van der Waals surface area contributed by atoms with Gasteiger partial charge in [-0.05, 0) is 17.7 Å². The number of nitrogens with zero attached hydrogens (tertiary/aromatic N) is 1. The zero-order valence-electron chi connectivity index (χ0n) is 11.1. The Bertz CT molecular complexity index is 429. The maximum Gasteiger partial charge on any atom is 0.325 e. The molecule has 102 valence electrons. The van der Waals surface area contributed by atoms with Crippen molar-refractivity contribution in [1.82, 2.24) is 4.90 Å². The summed E-state index contributed by atoms with van der Waals surface area (Å²) in [5.41, 5.74) is 0.706. The summed E-state index contributed by atoms with van der Waals surface area (Å²) in [6.45, 7) is 8.28. The average Bonchev–Trinajstić information content (AvgIpc) is 2.40. The van der Waals surface area contributed by atoms with E-state index in [2.05, 4.69) is 13.2 Å². The highest BCUT2D eigenvalue weighted by Gasteiger charge is 2.25. The molecule has 0 radical (unpaired) electrons. The van der Waals surface area contributed by atoms with Crippen LogP contribution in [-0.4, -0.2) is 36.2 Å². The van der Waals surface area contributed by atoms with Crippen molar-refractivity contribution in [1.29, 1.82) is 0 Å². The molecule has 0 aliphatic heterocycles. The molecule has 1 aromatic carbocycles. The minimum Gasteiger partial charge on any atom is -0.497 e. The van der Waals surface area contributed by atoms with Crippen molar-refractivity contribution in [3.05, 3.63) is 55.1 Å². The van der Waals surface area contributed by atoms with Gasteiger partial charge in [0.2, 0.25) is 0 Å². The third-order valence-electron chi connectivity index (χ3n) is 2.76. The van der Waals surface area contributed by atoms with Crippen LogP contribution in [0.3, 0.4) is 0 Å². The normalized spacial score (nSPS) is 11.9. The molecule has 0 aliphatic carbocycles. The number of benzene rings is 1. The summed E-state index contributed by atoms with van der Waals surface area (Å²) in [6.07, 6.45) is 3.37. The molecule has 19 heavy (non-hydrogen) atoms. The van der Waals surface area contributed by atoms with Crippen molar-refractivity contribution >= 4 is 5.97 Å². The Morgan fingerprint density at radius 2 is 1.84 bits per heavy atom. The van der Waals surface area contributed by atoms with Gasteiger partial charge in [0, 0.05) is 13.1 Å². The summed E-state index contributed by atoms with van der Waals surface area (Å²) in [6, 6.07) is 6.31. The Morgan fingerprint density at radius 3 is 2.21 bits per heavy atom. The molecule has 0 saturated heterocycles. The maximum absolute atomic E-state index is 11.5. The van der Waals surface area contributed by atoms with Crippen molar-refractivity contribution in [3.63, 3.8) is 0 Å². The summed E-state index contributed by atoms with van der Waals surface area (Å²) in [5, 5.41) is 9.44. The van der Waals surface area contributed by atoms with Crippen molar-refractivity contribution in [3.8, 4) is 5.75 Å². The van der Waals surface area contributed by atoms with E-state index in [1.807, 2.05) is 0 Å². The van der Waals surface area contributed by atoms with E-state index in [9.17, 15) is 9.90 Å². The predicted molar refractivity (Wildman–Crippen MR) is 75.3 cm³/mol. The minimum atomic E-state index is -0.895. The number of hydrogen-bond acceptors (Lipinski definition) is 3. The highest BCUT2D eigenvalue weighted by molar-refractivity contribution is 5.75. The van der Waals surface area contributed by atoms with Gasteiger partial charge in [0.05, 0.1) is 7.11 Å².